The Morgan fingerprint density at radius 2 is 1.73 bits per heavy atom. The Hall–Kier alpha value is -2.77. The highest BCUT2D eigenvalue weighted by Crippen LogP contribution is 2.46. The molecule has 0 saturated heterocycles. The van der Waals surface area contributed by atoms with Crippen molar-refractivity contribution in [2.75, 3.05) is 6.26 Å². The van der Waals surface area contributed by atoms with Crippen molar-refractivity contribution in [2.45, 2.75) is 44.1 Å². The van der Waals surface area contributed by atoms with Crippen LogP contribution in [0, 0.1) is 5.41 Å². The highest BCUT2D eigenvalue weighted by atomic mass is 79.9. The molecule has 1 N–H and O–H groups in total. The number of imidazole rings is 1. The van der Waals surface area contributed by atoms with Crippen molar-refractivity contribution in [3.63, 3.8) is 0 Å². The fourth-order valence-electron chi connectivity index (χ4n) is 3.59. The maximum Gasteiger partial charge on any atom is 0.409 e. The first-order valence-corrected chi connectivity index (χ1v) is 14.9. The molecule has 216 valence electrons. The first-order chi connectivity index (χ1) is 18.3. The monoisotopic (exact) mass is 662 g/mol. The van der Waals surface area contributed by atoms with E-state index in [9.17, 15) is 27.7 Å². The number of halogens is 3. The lowest BCUT2D eigenvalue weighted by atomic mass is 9.97. The molecule has 0 amide bonds. The van der Waals surface area contributed by atoms with E-state index in [0.29, 0.717) is 16.8 Å². The van der Waals surface area contributed by atoms with Crippen LogP contribution < -0.4 is 5.69 Å². The quantitative estimate of drug-likeness (QED) is 0.199. The van der Waals surface area contributed by atoms with Gasteiger partial charge in [-0.05, 0) is 50.1 Å². The van der Waals surface area contributed by atoms with E-state index in [1.165, 1.54) is 61.2 Å². The number of hydrogen-bond donors (Lipinski definition) is 1. The lowest BCUT2D eigenvalue weighted by Crippen LogP contribution is -2.52. The van der Waals surface area contributed by atoms with Gasteiger partial charge in [0.25, 0.3) is 0 Å². The van der Waals surface area contributed by atoms with Gasteiger partial charge in [-0.15, -0.1) is 0 Å². The molecule has 1 unspecified atom stereocenters. The van der Waals surface area contributed by atoms with Crippen LogP contribution in [-0.2, 0) is 48.0 Å². The number of rotatable bonds is 9. The molecular weight excluding hydrogens is 637 g/mol. The zero-order valence-corrected chi connectivity index (χ0v) is 25.3. The smallest absolute Gasteiger partial charge is 0.402 e. The molecule has 3 rings (SSSR count). The van der Waals surface area contributed by atoms with Gasteiger partial charge in [0.15, 0.2) is 9.84 Å². The van der Waals surface area contributed by atoms with Crippen molar-refractivity contribution in [2.24, 2.45) is 12.5 Å². The number of aliphatic hydroxyl groups is 1. The fourth-order valence-corrected chi connectivity index (χ4v) is 5.15. The summed E-state index contributed by atoms with van der Waals surface area (Å²) in [5.74, 6) is -9.52. The van der Waals surface area contributed by atoms with E-state index in [1.807, 2.05) is 0 Å². The zero-order chi connectivity index (χ0) is 30.3. The minimum absolute atomic E-state index is 0.0633. The van der Waals surface area contributed by atoms with E-state index in [1.54, 1.807) is 18.3 Å². The number of carbonyl (C=O) groups is 1. The third-order valence-corrected chi connectivity index (χ3v) is 7.94. The Labute approximate surface area is 238 Å². The van der Waals surface area contributed by atoms with Crippen LogP contribution in [0.25, 0.3) is 11.3 Å². The number of ether oxygens (including phenoxy) is 1. The Morgan fingerprint density at radius 3 is 2.23 bits per heavy atom. The summed E-state index contributed by atoms with van der Waals surface area (Å²) in [6.07, 6.45) is 2.63. The van der Waals surface area contributed by atoms with Crippen molar-refractivity contribution in [1.29, 1.82) is 0 Å². The van der Waals surface area contributed by atoms with Crippen LogP contribution in [-0.4, -0.2) is 40.9 Å². The van der Waals surface area contributed by atoms with Gasteiger partial charge in [0, 0.05) is 29.5 Å². The fraction of sp³-hybridized carbons (Fsp3) is 0.360. The molecule has 1 aromatic heterocycles. The Bertz CT molecular complexity index is 1610. The average Bonchev–Trinajstić information content (AvgIpc) is 3.11. The van der Waals surface area contributed by atoms with Crippen LogP contribution in [0.2, 0.25) is 0 Å². The van der Waals surface area contributed by atoms with Gasteiger partial charge in [-0.3, -0.25) is 9.36 Å². The molecule has 0 fully saturated rings. The lowest BCUT2D eigenvalue weighted by molar-refractivity contribution is -0.397. The van der Waals surface area contributed by atoms with Gasteiger partial charge in [0.2, 0.25) is 0 Å². The highest BCUT2D eigenvalue weighted by Gasteiger charge is 2.62. The van der Waals surface area contributed by atoms with Gasteiger partial charge < -0.3 is 14.4 Å². The minimum atomic E-state index is -4.39. The van der Waals surface area contributed by atoms with Crippen LogP contribution >= 0.6 is 24.6 Å². The van der Waals surface area contributed by atoms with Crippen molar-refractivity contribution in [1.82, 2.24) is 9.13 Å². The van der Waals surface area contributed by atoms with Crippen molar-refractivity contribution >= 4 is 40.4 Å². The minimum Gasteiger partial charge on any atom is -0.402 e. The number of alkyl halides is 2. The molecule has 0 saturated carbocycles. The molecule has 0 aliphatic heterocycles. The van der Waals surface area contributed by atoms with Crippen LogP contribution in [0.15, 0.2) is 62.8 Å². The number of nitrogens with zero attached hydrogens (tertiary/aromatic N) is 2. The Kier molecular flexibility index (Phi) is 8.93. The summed E-state index contributed by atoms with van der Waals surface area (Å²) in [6, 6.07) is 9.42. The normalized spacial score (nSPS) is 14.2. The number of esters is 1. The van der Waals surface area contributed by atoms with Crippen LogP contribution in [0.4, 0.5) is 8.78 Å². The molecule has 0 spiro atoms. The molecule has 0 aliphatic carbocycles. The predicted octanol–water partition coefficient (Wildman–Crippen LogP) is 4.62. The van der Waals surface area contributed by atoms with Crippen molar-refractivity contribution in [3.05, 3.63) is 74.7 Å². The first-order valence-electron chi connectivity index (χ1n) is 11.5. The summed E-state index contributed by atoms with van der Waals surface area (Å²) in [4.78, 5) is 25.2. The number of benzene rings is 2. The number of aryl methyl sites for hydroxylation is 1. The van der Waals surface area contributed by atoms with Gasteiger partial charge in [0.05, 0.1) is 22.5 Å². The second-order valence-electron chi connectivity index (χ2n) is 10.1. The molecular formula is C25H26BrF2N2O8PS. The van der Waals surface area contributed by atoms with Gasteiger partial charge in [-0.2, -0.15) is 8.78 Å². The topological polar surface area (TPSA) is 134 Å². The summed E-state index contributed by atoms with van der Waals surface area (Å²) in [6.45, 7) is 4.04. The van der Waals surface area contributed by atoms with E-state index in [4.69, 9.17) is 0 Å². The second-order valence-corrected chi connectivity index (χ2v) is 13.3. The molecule has 2 aromatic carbocycles. The Balaban J connectivity index is 1.99. The largest absolute Gasteiger partial charge is 0.409 e. The standard InChI is InChI=1S/C25H26BrF2N2O8PS/c1-23(2,3)21(31)37-25(33,38-39-34)24(27,28)18-11-6-15(12-19(18)26)13-30-20(14-29(4)22(30)32)16-7-9-17(10-8-16)40(5,35)36/h6-12,14,33H,13H2,1-5H3. The molecule has 3 aromatic rings. The van der Waals surface area contributed by atoms with Crippen molar-refractivity contribution < 1.29 is 40.9 Å². The van der Waals surface area contributed by atoms with E-state index < -0.39 is 53.1 Å². The summed E-state index contributed by atoms with van der Waals surface area (Å²) in [5, 5.41) is 10.5. The van der Waals surface area contributed by atoms with Crippen LogP contribution in [0.3, 0.4) is 0 Å². The predicted molar refractivity (Wildman–Crippen MR) is 145 cm³/mol. The number of carbonyl (C=O) groups excluding carboxylic acids is 1. The third kappa shape index (κ3) is 6.41. The van der Waals surface area contributed by atoms with Gasteiger partial charge in [0.1, 0.15) is 0 Å². The zero-order valence-electron chi connectivity index (χ0n) is 22.0. The molecule has 40 heavy (non-hydrogen) atoms. The molecule has 10 nitrogen and oxygen atoms in total. The van der Waals surface area contributed by atoms with Gasteiger partial charge in [-0.25, -0.2) is 22.3 Å². The number of aromatic nitrogens is 2. The summed E-state index contributed by atoms with van der Waals surface area (Å²) < 4.78 is 77.0. The van der Waals surface area contributed by atoms with Crippen LogP contribution in [0.1, 0.15) is 31.9 Å². The maximum absolute atomic E-state index is 15.5. The Morgan fingerprint density at radius 1 is 1.12 bits per heavy atom. The molecule has 0 aliphatic rings. The lowest BCUT2D eigenvalue weighted by Gasteiger charge is -2.34. The highest BCUT2D eigenvalue weighted by molar-refractivity contribution is 9.10. The van der Waals surface area contributed by atoms with E-state index in [0.717, 1.165) is 12.3 Å². The van der Waals surface area contributed by atoms with E-state index in [-0.39, 0.29) is 15.9 Å². The molecule has 1 heterocycles. The van der Waals surface area contributed by atoms with Crippen molar-refractivity contribution in [3.8, 4) is 11.3 Å². The average molecular weight is 663 g/mol. The van der Waals surface area contributed by atoms with Gasteiger partial charge >= 0.3 is 32.2 Å². The number of hydrogen-bond acceptors (Lipinski definition) is 8. The summed E-state index contributed by atoms with van der Waals surface area (Å²) in [5.41, 5.74) is -1.16. The van der Waals surface area contributed by atoms with Crippen LogP contribution in [0.5, 0.6) is 0 Å². The maximum atomic E-state index is 15.5. The molecule has 0 radical (unpaired) electrons. The molecule has 15 heteroatoms. The summed E-state index contributed by atoms with van der Waals surface area (Å²) in [7, 11) is -3.26. The third-order valence-electron chi connectivity index (χ3n) is 5.83. The SMILES string of the molecule is Cn1cc(-c2ccc(S(C)(=O)=O)cc2)n(Cc2ccc(C(F)(F)C(O)(OP=O)OC(=O)C(C)(C)C)c(Br)c2)c1=O. The molecule has 1 atom stereocenters. The summed E-state index contributed by atoms with van der Waals surface area (Å²) >= 11 is 3.04. The van der Waals surface area contributed by atoms with Gasteiger partial charge in [-0.1, -0.05) is 40.2 Å². The van der Waals surface area contributed by atoms with E-state index >= 15 is 8.78 Å². The van der Waals surface area contributed by atoms with E-state index in [2.05, 4.69) is 25.2 Å². The first kappa shape index (κ1) is 31.8. The second kappa shape index (κ2) is 11.2. The number of sulfone groups is 1. The molecule has 0 bridgehead atoms.